The molecule has 0 aromatic carbocycles. The lowest BCUT2D eigenvalue weighted by atomic mass is 9.83. The molecule has 0 radical (unpaired) electrons. The summed E-state index contributed by atoms with van der Waals surface area (Å²) in [6.45, 7) is 4.61. The van der Waals surface area contributed by atoms with Crippen LogP contribution in [0.15, 0.2) is 0 Å². The Morgan fingerprint density at radius 1 is 1.05 bits per heavy atom. The number of carbonyl (C=O) groups excluding carboxylic acids is 1. The number of rotatable bonds is 3. The van der Waals surface area contributed by atoms with E-state index in [1.54, 1.807) is 4.90 Å². The predicted molar refractivity (Wildman–Crippen MR) is 76.6 cm³/mol. The summed E-state index contributed by atoms with van der Waals surface area (Å²) in [7, 11) is 0. The molecular weight excluding hydrogens is 256 g/mol. The van der Waals surface area contributed by atoms with Gasteiger partial charge in [-0.05, 0) is 25.7 Å². The molecule has 0 spiro atoms. The summed E-state index contributed by atoms with van der Waals surface area (Å²) in [5.41, 5.74) is -0.712. The molecule has 5 nitrogen and oxygen atoms in total. The minimum atomic E-state index is -0.745. The van der Waals surface area contributed by atoms with Gasteiger partial charge in [0.05, 0.1) is 5.41 Å². The van der Waals surface area contributed by atoms with Gasteiger partial charge in [0.15, 0.2) is 0 Å². The van der Waals surface area contributed by atoms with Crippen molar-refractivity contribution in [1.29, 1.82) is 0 Å². The number of hydrogen-bond donors (Lipinski definition) is 1. The van der Waals surface area contributed by atoms with E-state index in [1.165, 1.54) is 12.8 Å². The lowest BCUT2D eigenvalue weighted by molar-refractivity contribution is -0.148. The van der Waals surface area contributed by atoms with Crippen molar-refractivity contribution in [2.24, 2.45) is 5.41 Å². The third kappa shape index (κ3) is 3.07. The highest BCUT2D eigenvalue weighted by Crippen LogP contribution is 2.36. The maximum atomic E-state index is 12.5. The van der Waals surface area contributed by atoms with Gasteiger partial charge < -0.3 is 14.9 Å². The number of amides is 2. The summed E-state index contributed by atoms with van der Waals surface area (Å²) in [6, 6.07) is 0.0473. The monoisotopic (exact) mass is 282 g/mol. The van der Waals surface area contributed by atoms with Crippen molar-refractivity contribution >= 4 is 12.0 Å². The van der Waals surface area contributed by atoms with Crippen molar-refractivity contribution in [1.82, 2.24) is 9.80 Å². The topological polar surface area (TPSA) is 60.9 Å². The largest absolute Gasteiger partial charge is 0.481 e. The lowest BCUT2D eigenvalue weighted by Gasteiger charge is -2.29. The Kier molecular flexibility index (Phi) is 4.89. The molecular formula is C15H26N2O3. The van der Waals surface area contributed by atoms with Gasteiger partial charge in [0.25, 0.3) is 0 Å². The minimum absolute atomic E-state index is 0.0473. The van der Waals surface area contributed by atoms with Crippen LogP contribution in [0.25, 0.3) is 0 Å². The van der Waals surface area contributed by atoms with Crippen molar-refractivity contribution in [3.63, 3.8) is 0 Å². The van der Waals surface area contributed by atoms with Crippen LogP contribution in [0.5, 0.6) is 0 Å². The summed E-state index contributed by atoms with van der Waals surface area (Å²) >= 11 is 0. The van der Waals surface area contributed by atoms with Gasteiger partial charge in [-0.3, -0.25) is 4.79 Å². The van der Waals surface area contributed by atoms with E-state index in [-0.39, 0.29) is 6.03 Å². The van der Waals surface area contributed by atoms with Gasteiger partial charge in [0.2, 0.25) is 0 Å². The highest BCUT2D eigenvalue weighted by Gasteiger charge is 2.46. The van der Waals surface area contributed by atoms with Crippen molar-refractivity contribution in [3.8, 4) is 0 Å². The van der Waals surface area contributed by atoms with Gasteiger partial charge in [-0.1, -0.05) is 26.2 Å². The Labute approximate surface area is 120 Å². The molecule has 0 aromatic rings. The molecule has 20 heavy (non-hydrogen) atoms. The van der Waals surface area contributed by atoms with E-state index in [2.05, 4.69) is 0 Å². The number of aliphatic carboxylic acids is 1. The Morgan fingerprint density at radius 3 is 2.25 bits per heavy atom. The number of hydrogen-bond acceptors (Lipinski definition) is 2. The van der Waals surface area contributed by atoms with Crippen LogP contribution in [0.1, 0.15) is 51.9 Å². The zero-order valence-electron chi connectivity index (χ0n) is 12.4. The van der Waals surface area contributed by atoms with Crippen molar-refractivity contribution in [2.75, 3.05) is 26.2 Å². The molecule has 2 aliphatic rings. The van der Waals surface area contributed by atoms with E-state index in [9.17, 15) is 14.7 Å². The quantitative estimate of drug-likeness (QED) is 0.865. The van der Waals surface area contributed by atoms with Crippen molar-refractivity contribution < 1.29 is 14.7 Å². The van der Waals surface area contributed by atoms with E-state index in [4.69, 9.17) is 0 Å². The molecule has 2 rings (SSSR count). The van der Waals surface area contributed by atoms with Crippen molar-refractivity contribution in [2.45, 2.75) is 51.9 Å². The Balaban J connectivity index is 2.00. The van der Waals surface area contributed by atoms with E-state index in [0.717, 1.165) is 32.4 Å². The second kappa shape index (κ2) is 6.46. The smallest absolute Gasteiger partial charge is 0.320 e. The molecule has 0 bridgehead atoms. The third-order valence-corrected chi connectivity index (χ3v) is 4.68. The highest BCUT2D eigenvalue weighted by molar-refractivity contribution is 5.79. The fourth-order valence-corrected chi connectivity index (χ4v) is 3.46. The van der Waals surface area contributed by atoms with E-state index in [1.807, 2.05) is 11.8 Å². The number of urea groups is 1. The number of nitrogens with zero attached hydrogens (tertiary/aromatic N) is 2. The summed E-state index contributed by atoms with van der Waals surface area (Å²) in [4.78, 5) is 27.8. The number of carboxylic acid groups (broad SMARTS) is 1. The lowest BCUT2D eigenvalue weighted by Crippen LogP contribution is -2.44. The zero-order valence-corrected chi connectivity index (χ0v) is 12.4. The maximum absolute atomic E-state index is 12.5. The van der Waals surface area contributed by atoms with Gasteiger partial charge in [-0.15, -0.1) is 0 Å². The molecule has 0 aromatic heterocycles. The second-order valence-electron chi connectivity index (χ2n) is 6.19. The molecule has 0 saturated carbocycles. The average molecular weight is 282 g/mol. The third-order valence-electron chi connectivity index (χ3n) is 4.68. The second-order valence-corrected chi connectivity index (χ2v) is 6.19. The Morgan fingerprint density at radius 2 is 1.70 bits per heavy atom. The normalized spacial score (nSPS) is 27.4. The van der Waals surface area contributed by atoms with Gasteiger partial charge >= 0.3 is 12.0 Å². The van der Waals surface area contributed by atoms with Crippen LogP contribution in [0.4, 0.5) is 4.79 Å². The first kappa shape index (κ1) is 15.1. The molecule has 2 heterocycles. The molecule has 1 atom stereocenters. The van der Waals surface area contributed by atoms with Gasteiger partial charge in [-0.2, -0.15) is 0 Å². The molecule has 1 unspecified atom stereocenters. The van der Waals surface area contributed by atoms with Crippen LogP contribution in [0.3, 0.4) is 0 Å². The first-order valence-electron chi connectivity index (χ1n) is 7.86. The molecule has 2 aliphatic heterocycles. The molecule has 0 aliphatic carbocycles. The Bertz CT molecular complexity index is 364. The molecule has 2 fully saturated rings. The first-order valence-corrected chi connectivity index (χ1v) is 7.86. The van der Waals surface area contributed by atoms with Crippen LogP contribution >= 0.6 is 0 Å². The summed E-state index contributed by atoms with van der Waals surface area (Å²) in [5, 5.41) is 9.50. The van der Waals surface area contributed by atoms with Crippen LogP contribution in [0.2, 0.25) is 0 Å². The Hall–Kier alpha value is -1.26. The molecule has 5 heteroatoms. The van der Waals surface area contributed by atoms with E-state index < -0.39 is 11.4 Å². The van der Waals surface area contributed by atoms with Gasteiger partial charge in [0, 0.05) is 26.2 Å². The molecule has 2 amide bonds. The van der Waals surface area contributed by atoms with E-state index >= 15 is 0 Å². The van der Waals surface area contributed by atoms with Crippen LogP contribution in [-0.4, -0.2) is 53.1 Å². The van der Waals surface area contributed by atoms with Crippen molar-refractivity contribution in [3.05, 3.63) is 0 Å². The maximum Gasteiger partial charge on any atom is 0.320 e. The van der Waals surface area contributed by atoms with Crippen LogP contribution in [-0.2, 0) is 4.79 Å². The SMILES string of the molecule is CCCC1(C(=O)O)CCN(C(=O)N2CCCCCC2)C1. The molecule has 1 N–H and O–H groups in total. The van der Waals surface area contributed by atoms with Gasteiger partial charge in [-0.25, -0.2) is 4.79 Å². The zero-order chi connectivity index (χ0) is 14.6. The van der Waals surface area contributed by atoms with Crippen LogP contribution < -0.4 is 0 Å². The summed E-state index contributed by atoms with van der Waals surface area (Å²) in [5.74, 6) is -0.745. The standard InChI is InChI=1S/C15H26N2O3/c1-2-7-15(13(18)19)8-11-17(12-15)14(20)16-9-5-3-4-6-10-16/h2-12H2,1H3,(H,18,19). The average Bonchev–Trinajstić information content (AvgIpc) is 2.68. The minimum Gasteiger partial charge on any atom is -0.481 e. The van der Waals surface area contributed by atoms with Gasteiger partial charge in [0.1, 0.15) is 0 Å². The molecule has 2 saturated heterocycles. The number of likely N-dealkylation sites (tertiary alicyclic amines) is 2. The summed E-state index contributed by atoms with van der Waals surface area (Å²) in [6.07, 6.45) is 6.62. The fourth-order valence-electron chi connectivity index (χ4n) is 3.46. The predicted octanol–water partition coefficient (Wildman–Crippen LogP) is 2.56. The highest BCUT2D eigenvalue weighted by atomic mass is 16.4. The number of carboxylic acids is 1. The first-order chi connectivity index (χ1) is 9.59. The van der Waals surface area contributed by atoms with E-state index in [0.29, 0.717) is 25.9 Å². The fraction of sp³-hybridized carbons (Fsp3) is 0.867. The van der Waals surface area contributed by atoms with Crippen LogP contribution in [0, 0.1) is 5.41 Å². The number of carbonyl (C=O) groups is 2. The summed E-state index contributed by atoms with van der Waals surface area (Å²) < 4.78 is 0. The molecule has 114 valence electrons.